The number of pyridine rings is 1. The molecule has 0 aliphatic rings. The van der Waals surface area contributed by atoms with Crippen LogP contribution in [0.4, 0.5) is 10.5 Å². The van der Waals surface area contributed by atoms with Gasteiger partial charge in [0.05, 0.1) is 16.3 Å². The first-order valence-electron chi connectivity index (χ1n) is 9.62. The lowest BCUT2D eigenvalue weighted by atomic mass is 10.1. The number of nitrogens with one attached hydrogen (secondary N) is 2. The first-order valence-corrected chi connectivity index (χ1v) is 10.0. The molecule has 4 rings (SSSR count). The lowest BCUT2D eigenvalue weighted by molar-refractivity contribution is 0.0685. The van der Waals surface area contributed by atoms with Gasteiger partial charge in [0.25, 0.3) is 5.56 Å². The van der Waals surface area contributed by atoms with E-state index in [9.17, 15) is 24.3 Å². The van der Waals surface area contributed by atoms with E-state index < -0.39 is 29.2 Å². The smallest absolute Gasteiger partial charge is 0.412 e. The molecule has 0 radical (unpaired) electrons. The highest BCUT2D eigenvalue weighted by Crippen LogP contribution is 2.27. The number of fused-ring (bicyclic) bond motifs is 1. The van der Waals surface area contributed by atoms with Gasteiger partial charge >= 0.3 is 18.0 Å². The van der Waals surface area contributed by atoms with Crippen molar-refractivity contribution in [3.63, 3.8) is 0 Å². The van der Waals surface area contributed by atoms with Gasteiger partial charge in [-0.1, -0.05) is 17.7 Å². The second kappa shape index (κ2) is 9.08. The first-order chi connectivity index (χ1) is 16.2. The molecule has 0 aliphatic carbocycles. The number of halogens is 1. The zero-order valence-electron chi connectivity index (χ0n) is 17.1. The number of ether oxygens (including phenoxy) is 1. The minimum atomic E-state index is -1.36. The molecule has 4 N–H and O–H groups in total. The van der Waals surface area contributed by atoms with E-state index in [-0.39, 0.29) is 22.9 Å². The summed E-state index contributed by atoms with van der Waals surface area (Å²) in [6.45, 7) is -0.252. The predicted octanol–water partition coefficient (Wildman–Crippen LogP) is 3.51. The summed E-state index contributed by atoms with van der Waals surface area (Å²) in [5.74, 6) is -2.19. The lowest BCUT2D eigenvalue weighted by Gasteiger charge is -2.12. The zero-order chi connectivity index (χ0) is 24.4. The van der Waals surface area contributed by atoms with E-state index in [4.69, 9.17) is 21.4 Å². The molecule has 2 aromatic carbocycles. The Morgan fingerprint density at radius 1 is 1.12 bits per heavy atom. The molecule has 2 aromatic heterocycles. The summed E-state index contributed by atoms with van der Waals surface area (Å²) in [6, 6.07) is 9.96. The predicted molar refractivity (Wildman–Crippen MR) is 121 cm³/mol. The van der Waals surface area contributed by atoms with Crippen molar-refractivity contribution in [1.29, 1.82) is 0 Å². The van der Waals surface area contributed by atoms with Crippen LogP contribution in [0, 0.1) is 0 Å². The number of benzene rings is 2. The molecule has 0 saturated carbocycles. The summed E-state index contributed by atoms with van der Waals surface area (Å²) in [5.41, 5.74) is -0.146. The molecule has 172 valence electrons. The number of aromatic amines is 1. The third-order valence-corrected chi connectivity index (χ3v) is 5.11. The maximum Gasteiger partial charge on any atom is 0.412 e. The van der Waals surface area contributed by atoms with Crippen molar-refractivity contribution >= 4 is 46.2 Å². The van der Waals surface area contributed by atoms with Crippen molar-refractivity contribution in [2.24, 2.45) is 0 Å². The van der Waals surface area contributed by atoms with Crippen LogP contribution in [-0.2, 0) is 11.3 Å². The Bertz CT molecular complexity index is 1510. The Morgan fingerprint density at radius 3 is 2.65 bits per heavy atom. The number of anilines is 1. The Morgan fingerprint density at radius 2 is 1.91 bits per heavy atom. The first kappa shape index (κ1) is 22.6. The standard InChI is InChI=1S/C22H15ClN4O7/c23-15-9-16-12(7-14(21(31)32)19(28)26-16)8-17(15)27-5-4-24-18(27)10-34-22(33)25-13-3-1-2-11(6-13)20(29)30/h1-9H,10H2,(H,25,33)(H,26,28)(H,29,30)(H,31,32). The molecule has 2 heterocycles. The van der Waals surface area contributed by atoms with E-state index in [1.807, 2.05) is 0 Å². The van der Waals surface area contributed by atoms with Crippen molar-refractivity contribution in [1.82, 2.24) is 14.5 Å². The maximum absolute atomic E-state index is 12.2. The summed E-state index contributed by atoms with van der Waals surface area (Å²) in [6.07, 6.45) is 2.21. The number of hydrogen-bond acceptors (Lipinski definition) is 6. The van der Waals surface area contributed by atoms with Crippen molar-refractivity contribution in [3.8, 4) is 5.69 Å². The van der Waals surface area contributed by atoms with Gasteiger partial charge in [-0.05, 0) is 36.4 Å². The molecule has 11 nitrogen and oxygen atoms in total. The number of carboxylic acid groups (broad SMARTS) is 2. The molecule has 34 heavy (non-hydrogen) atoms. The van der Waals surface area contributed by atoms with Crippen LogP contribution in [-0.4, -0.2) is 42.8 Å². The van der Waals surface area contributed by atoms with Gasteiger partial charge in [-0.2, -0.15) is 0 Å². The topological polar surface area (TPSA) is 164 Å². The zero-order valence-corrected chi connectivity index (χ0v) is 17.9. The number of aromatic nitrogens is 3. The fourth-order valence-electron chi connectivity index (χ4n) is 3.23. The monoisotopic (exact) mass is 482 g/mol. The van der Waals surface area contributed by atoms with Gasteiger partial charge in [-0.3, -0.25) is 14.7 Å². The Kier molecular flexibility index (Phi) is 6.02. The number of hydrogen-bond donors (Lipinski definition) is 4. The van der Waals surface area contributed by atoms with E-state index in [0.717, 1.165) is 0 Å². The highest BCUT2D eigenvalue weighted by atomic mass is 35.5. The summed E-state index contributed by atoms with van der Waals surface area (Å²) < 4.78 is 6.74. The fraction of sp³-hybridized carbons (Fsp3) is 0.0455. The quantitative estimate of drug-likeness (QED) is 0.324. The number of H-pyrrole nitrogens is 1. The number of amides is 1. The van der Waals surface area contributed by atoms with E-state index in [0.29, 0.717) is 22.4 Å². The molecule has 0 bridgehead atoms. The van der Waals surface area contributed by atoms with Gasteiger partial charge in [-0.25, -0.2) is 19.4 Å². The van der Waals surface area contributed by atoms with Gasteiger partial charge < -0.3 is 19.9 Å². The molecule has 0 unspecified atom stereocenters. The van der Waals surface area contributed by atoms with Gasteiger partial charge in [-0.15, -0.1) is 0 Å². The number of aromatic carboxylic acids is 2. The van der Waals surface area contributed by atoms with Gasteiger partial charge in [0.2, 0.25) is 0 Å². The van der Waals surface area contributed by atoms with E-state index in [1.165, 1.54) is 42.6 Å². The SMILES string of the molecule is O=C(Nc1cccc(C(=O)O)c1)OCc1nccn1-c1cc2cc(C(=O)O)c(=O)[nH]c2cc1Cl. The molecule has 1 amide bonds. The second-order valence-corrected chi connectivity index (χ2v) is 7.42. The summed E-state index contributed by atoms with van der Waals surface area (Å²) >= 11 is 6.38. The normalized spacial score (nSPS) is 10.7. The van der Waals surface area contributed by atoms with Crippen LogP contribution >= 0.6 is 11.6 Å². The lowest BCUT2D eigenvalue weighted by Crippen LogP contribution is -2.17. The molecular weight excluding hydrogens is 468 g/mol. The Hall–Kier alpha value is -4.64. The van der Waals surface area contributed by atoms with Gasteiger partial charge in [0.15, 0.2) is 12.4 Å². The minimum absolute atomic E-state index is 0.00619. The molecule has 0 fully saturated rings. The number of carbonyl (C=O) groups is 3. The van der Waals surface area contributed by atoms with E-state index in [2.05, 4.69) is 15.3 Å². The van der Waals surface area contributed by atoms with Crippen LogP contribution < -0.4 is 10.9 Å². The third kappa shape index (κ3) is 4.59. The molecule has 0 aliphatic heterocycles. The van der Waals surface area contributed by atoms with Crippen LogP contribution in [0.15, 0.2) is 59.7 Å². The van der Waals surface area contributed by atoms with Gasteiger partial charge in [0.1, 0.15) is 5.56 Å². The molecule has 0 saturated heterocycles. The average molecular weight is 483 g/mol. The molecule has 12 heteroatoms. The van der Waals surface area contributed by atoms with Crippen LogP contribution in [0.1, 0.15) is 26.5 Å². The van der Waals surface area contributed by atoms with Crippen LogP contribution in [0.2, 0.25) is 5.02 Å². The van der Waals surface area contributed by atoms with Crippen LogP contribution in [0.3, 0.4) is 0 Å². The fourth-order valence-corrected chi connectivity index (χ4v) is 3.49. The summed E-state index contributed by atoms with van der Waals surface area (Å²) in [4.78, 5) is 53.1. The minimum Gasteiger partial charge on any atom is -0.478 e. The molecule has 0 atom stereocenters. The number of carbonyl (C=O) groups excluding carboxylic acids is 1. The molecule has 0 spiro atoms. The van der Waals surface area contributed by atoms with Crippen molar-refractivity contribution < 1.29 is 29.3 Å². The summed E-state index contributed by atoms with van der Waals surface area (Å²) in [7, 11) is 0. The van der Waals surface area contributed by atoms with Crippen molar-refractivity contribution in [2.45, 2.75) is 6.61 Å². The highest BCUT2D eigenvalue weighted by Gasteiger charge is 2.15. The Balaban J connectivity index is 1.56. The Labute approximate surface area is 195 Å². The number of imidazole rings is 1. The second-order valence-electron chi connectivity index (χ2n) is 7.01. The van der Waals surface area contributed by atoms with Crippen molar-refractivity contribution in [3.05, 3.63) is 87.2 Å². The van der Waals surface area contributed by atoms with E-state index in [1.54, 1.807) is 16.8 Å². The number of rotatable bonds is 6. The third-order valence-electron chi connectivity index (χ3n) is 4.81. The van der Waals surface area contributed by atoms with E-state index >= 15 is 0 Å². The van der Waals surface area contributed by atoms with Crippen LogP contribution in [0.25, 0.3) is 16.6 Å². The number of nitrogens with zero attached hydrogens (tertiary/aromatic N) is 2. The molecular formula is C22H15ClN4O7. The number of carboxylic acids is 2. The van der Waals surface area contributed by atoms with Crippen molar-refractivity contribution in [2.75, 3.05) is 5.32 Å². The van der Waals surface area contributed by atoms with Gasteiger partial charge in [0, 0.05) is 29.0 Å². The molecule has 4 aromatic rings. The summed E-state index contributed by atoms with van der Waals surface area (Å²) in [5, 5.41) is 21.3. The largest absolute Gasteiger partial charge is 0.478 e. The maximum atomic E-state index is 12.2. The average Bonchev–Trinajstić information content (AvgIpc) is 3.25. The van der Waals surface area contributed by atoms with Crippen LogP contribution in [0.5, 0.6) is 0 Å². The highest BCUT2D eigenvalue weighted by molar-refractivity contribution is 6.33.